The van der Waals surface area contributed by atoms with Gasteiger partial charge in [-0.1, -0.05) is 0 Å². The molecule has 0 aromatic carbocycles. The van der Waals surface area contributed by atoms with Crippen LogP contribution in [0.1, 0.15) is 49.8 Å². The van der Waals surface area contributed by atoms with E-state index >= 15 is 0 Å². The van der Waals surface area contributed by atoms with Gasteiger partial charge in [0.05, 0.1) is 18.3 Å². The number of nitrogens with zero attached hydrogens (tertiary/aromatic N) is 2. The molecule has 1 unspecified atom stereocenters. The summed E-state index contributed by atoms with van der Waals surface area (Å²) < 4.78 is 7.83. The zero-order chi connectivity index (χ0) is 9.38. The first-order valence-corrected chi connectivity index (χ1v) is 5.59. The highest BCUT2D eigenvalue weighted by molar-refractivity contribution is 5.10. The molecule has 1 aromatic heterocycles. The summed E-state index contributed by atoms with van der Waals surface area (Å²) in [4.78, 5) is 0. The van der Waals surface area contributed by atoms with E-state index in [2.05, 4.69) is 16.0 Å². The molecular weight excluding hydrogens is 176 g/mol. The monoisotopic (exact) mass is 192 g/mol. The fourth-order valence-electron chi connectivity index (χ4n) is 2.06. The third-order valence-electron chi connectivity index (χ3n) is 3.09. The van der Waals surface area contributed by atoms with Gasteiger partial charge in [0.2, 0.25) is 0 Å². The topological polar surface area (TPSA) is 27.1 Å². The molecule has 0 bridgehead atoms. The molecule has 0 radical (unpaired) electrons. The van der Waals surface area contributed by atoms with E-state index in [4.69, 9.17) is 4.74 Å². The first kappa shape index (κ1) is 8.48. The quantitative estimate of drug-likeness (QED) is 0.719. The molecule has 14 heavy (non-hydrogen) atoms. The van der Waals surface area contributed by atoms with Gasteiger partial charge < -0.3 is 4.74 Å². The SMILES string of the molecule is c1nn(C2CC2)cc1C1CCCCO1. The van der Waals surface area contributed by atoms with Gasteiger partial charge in [0, 0.05) is 18.4 Å². The summed E-state index contributed by atoms with van der Waals surface area (Å²) in [5.41, 5.74) is 1.27. The molecule has 0 N–H and O–H groups in total. The minimum absolute atomic E-state index is 0.316. The third kappa shape index (κ3) is 1.57. The lowest BCUT2D eigenvalue weighted by atomic mass is 10.0. The molecule has 1 saturated carbocycles. The molecule has 3 heteroatoms. The summed E-state index contributed by atoms with van der Waals surface area (Å²) in [5.74, 6) is 0. The average molecular weight is 192 g/mol. The van der Waals surface area contributed by atoms with Gasteiger partial charge in [-0.3, -0.25) is 4.68 Å². The van der Waals surface area contributed by atoms with Gasteiger partial charge in [-0.2, -0.15) is 5.10 Å². The highest BCUT2D eigenvalue weighted by atomic mass is 16.5. The summed E-state index contributed by atoms with van der Waals surface area (Å²) in [5, 5.41) is 4.39. The van der Waals surface area contributed by atoms with Gasteiger partial charge in [-0.25, -0.2) is 0 Å². The lowest BCUT2D eigenvalue weighted by molar-refractivity contribution is 0.0149. The van der Waals surface area contributed by atoms with Crippen molar-refractivity contribution in [2.75, 3.05) is 6.61 Å². The van der Waals surface area contributed by atoms with E-state index in [9.17, 15) is 0 Å². The van der Waals surface area contributed by atoms with Crippen molar-refractivity contribution in [1.82, 2.24) is 9.78 Å². The van der Waals surface area contributed by atoms with Crippen LogP contribution in [0.2, 0.25) is 0 Å². The van der Waals surface area contributed by atoms with Crippen LogP contribution in [-0.4, -0.2) is 16.4 Å². The van der Waals surface area contributed by atoms with Crippen LogP contribution in [-0.2, 0) is 4.74 Å². The summed E-state index contributed by atoms with van der Waals surface area (Å²) in [6.45, 7) is 0.916. The van der Waals surface area contributed by atoms with Gasteiger partial charge >= 0.3 is 0 Å². The van der Waals surface area contributed by atoms with E-state index in [0.717, 1.165) is 13.0 Å². The average Bonchev–Trinajstić information content (AvgIpc) is 2.98. The molecule has 1 atom stereocenters. The molecule has 1 aliphatic heterocycles. The largest absolute Gasteiger partial charge is 0.373 e. The Morgan fingerprint density at radius 3 is 2.93 bits per heavy atom. The number of hydrogen-bond acceptors (Lipinski definition) is 2. The van der Waals surface area contributed by atoms with Crippen molar-refractivity contribution in [1.29, 1.82) is 0 Å². The Kier molecular flexibility index (Phi) is 2.05. The first-order valence-electron chi connectivity index (χ1n) is 5.59. The highest BCUT2D eigenvalue weighted by Gasteiger charge is 2.25. The Hall–Kier alpha value is -0.830. The van der Waals surface area contributed by atoms with E-state index in [1.807, 2.05) is 6.20 Å². The molecular formula is C11H16N2O. The van der Waals surface area contributed by atoms with Gasteiger partial charge in [-0.15, -0.1) is 0 Å². The number of rotatable bonds is 2. The molecule has 3 nitrogen and oxygen atoms in total. The summed E-state index contributed by atoms with van der Waals surface area (Å²) in [7, 11) is 0. The second-order valence-electron chi connectivity index (χ2n) is 4.34. The molecule has 3 rings (SSSR count). The van der Waals surface area contributed by atoms with Gasteiger partial charge in [0.15, 0.2) is 0 Å². The Balaban J connectivity index is 1.74. The van der Waals surface area contributed by atoms with Gasteiger partial charge in [-0.05, 0) is 32.1 Å². The smallest absolute Gasteiger partial charge is 0.0855 e. The van der Waals surface area contributed by atoms with Crippen molar-refractivity contribution in [3.05, 3.63) is 18.0 Å². The normalized spacial score (nSPS) is 27.9. The summed E-state index contributed by atoms with van der Waals surface area (Å²) >= 11 is 0. The predicted molar refractivity (Wildman–Crippen MR) is 53.0 cm³/mol. The summed E-state index contributed by atoms with van der Waals surface area (Å²) in [6.07, 6.45) is 10.7. The van der Waals surface area contributed by atoms with Gasteiger partial charge in [0.25, 0.3) is 0 Å². The van der Waals surface area contributed by atoms with Crippen molar-refractivity contribution in [3.63, 3.8) is 0 Å². The zero-order valence-electron chi connectivity index (χ0n) is 8.35. The van der Waals surface area contributed by atoms with Gasteiger partial charge in [0.1, 0.15) is 0 Å². The van der Waals surface area contributed by atoms with Crippen LogP contribution in [0.15, 0.2) is 12.4 Å². The van der Waals surface area contributed by atoms with E-state index in [1.54, 1.807) is 0 Å². The molecule has 2 heterocycles. The molecule has 2 aliphatic rings. The number of aromatic nitrogens is 2. The Morgan fingerprint density at radius 2 is 2.21 bits per heavy atom. The van der Waals surface area contributed by atoms with Crippen LogP contribution in [0.4, 0.5) is 0 Å². The van der Waals surface area contributed by atoms with Crippen molar-refractivity contribution in [3.8, 4) is 0 Å². The Bertz CT molecular complexity index is 311. The summed E-state index contributed by atoms with van der Waals surface area (Å²) in [6, 6.07) is 0.687. The van der Waals surface area contributed by atoms with Crippen LogP contribution < -0.4 is 0 Å². The number of ether oxygens (including phenoxy) is 1. The minimum atomic E-state index is 0.316. The molecule has 1 saturated heterocycles. The van der Waals surface area contributed by atoms with Crippen LogP contribution in [0.5, 0.6) is 0 Å². The standard InChI is InChI=1S/C11H16N2O/c1-2-6-14-11(3-1)9-7-12-13(8-9)10-4-5-10/h7-8,10-11H,1-6H2. The van der Waals surface area contributed by atoms with Crippen LogP contribution in [0, 0.1) is 0 Å². The maximum Gasteiger partial charge on any atom is 0.0855 e. The third-order valence-corrected chi connectivity index (χ3v) is 3.09. The maximum atomic E-state index is 5.72. The van der Waals surface area contributed by atoms with E-state index < -0.39 is 0 Å². The highest BCUT2D eigenvalue weighted by Crippen LogP contribution is 2.35. The van der Waals surface area contributed by atoms with E-state index in [1.165, 1.54) is 31.2 Å². The lowest BCUT2D eigenvalue weighted by Gasteiger charge is -2.21. The zero-order valence-corrected chi connectivity index (χ0v) is 8.35. The molecule has 0 spiro atoms. The minimum Gasteiger partial charge on any atom is -0.373 e. The van der Waals surface area contributed by atoms with E-state index in [0.29, 0.717) is 12.1 Å². The van der Waals surface area contributed by atoms with Crippen LogP contribution in [0.25, 0.3) is 0 Å². The first-order chi connectivity index (χ1) is 6.93. The van der Waals surface area contributed by atoms with E-state index in [-0.39, 0.29) is 0 Å². The second kappa shape index (κ2) is 3.39. The molecule has 1 aromatic rings. The Morgan fingerprint density at radius 1 is 1.29 bits per heavy atom. The Labute approximate surface area is 84.1 Å². The maximum absolute atomic E-state index is 5.72. The number of hydrogen-bond donors (Lipinski definition) is 0. The molecule has 76 valence electrons. The van der Waals surface area contributed by atoms with Crippen molar-refractivity contribution < 1.29 is 4.74 Å². The lowest BCUT2D eigenvalue weighted by Crippen LogP contribution is -2.10. The van der Waals surface area contributed by atoms with Crippen molar-refractivity contribution >= 4 is 0 Å². The fraction of sp³-hybridized carbons (Fsp3) is 0.727. The van der Waals surface area contributed by atoms with Crippen molar-refractivity contribution in [2.45, 2.75) is 44.2 Å². The molecule has 2 fully saturated rings. The fourth-order valence-corrected chi connectivity index (χ4v) is 2.06. The second-order valence-corrected chi connectivity index (χ2v) is 4.34. The van der Waals surface area contributed by atoms with Crippen LogP contribution in [0.3, 0.4) is 0 Å². The van der Waals surface area contributed by atoms with Crippen molar-refractivity contribution in [2.24, 2.45) is 0 Å². The predicted octanol–water partition coefficient (Wildman–Crippen LogP) is 2.46. The molecule has 0 amide bonds. The van der Waals surface area contributed by atoms with Crippen LogP contribution >= 0.6 is 0 Å². The molecule has 1 aliphatic carbocycles.